The van der Waals surface area contributed by atoms with Gasteiger partial charge in [-0.2, -0.15) is 0 Å². The van der Waals surface area contributed by atoms with Crippen molar-refractivity contribution in [2.24, 2.45) is 11.3 Å². The fraction of sp³-hybridized carbons (Fsp3) is 0.524. The molecular formula is C21H28N4O2. The van der Waals surface area contributed by atoms with E-state index in [-0.39, 0.29) is 11.9 Å². The minimum Gasteiger partial charge on any atom is -0.466 e. The zero-order chi connectivity index (χ0) is 19.6. The molecule has 3 rings (SSSR count). The van der Waals surface area contributed by atoms with Crippen LogP contribution in [0.3, 0.4) is 0 Å². The summed E-state index contributed by atoms with van der Waals surface area (Å²) in [6, 6.07) is 3.84. The molecule has 27 heavy (non-hydrogen) atoms. The predicted molar refractivity (Wildman–Crippen MR) is 105 cm³/mol. The summed E-state index contributed by atoms with van der Waals surface area (Å²) in [6.07, 6.45) is 4.28. The standard InChI is InChI=1S/C21H28N4O2/c1-6-27-20(26)21(14(2)3)9-11-25(13-21)19-15(4)16(5)23-18(24-19)17-8-7-10-22-12-17/h7-8,10,12,14H,6,9,11,13H2,1-5H3. The van der Waals surface area contributed by atoms with Crippen molar-refractivity contribution >= 4 is 11.8 Å². The number of pyridine rings is 1. The Morgan fingerprint density at radius 2 is 2.11 bits per heavy atom. The number of carbonyl (C=O) groups excluding carboxylic acids is 1. The monoisotopic (exact) mass is 368 g/mol. The molecule has 0 N–H and O–H groups in total. The largest absolute Gasteiger partial charge is 0.466 e. The number of hydrogen-bond acceptors (Lipinski definition) is 6. The first-order valence-electron chi connectivity index (χ1n) is 9.57. The molecule has 1 unspecified atom stereocenters. The number of aromatic nitrogens is 3. The van der Waals surface area contributed by atoms with Crippen LogP contribution in [-0.2, 0) is 9.53 Å². The predicted octanol–water partition coefficient (Wildman–Crippen LogP) is 3.57. The van der Waals surface area contributed by atoms with Crippen molar-refractivity contribution in [1.82, 2.24) is 15.0 Å². The average Bonchev–Trinajstić information content (AvgIpc) is 3.11. The highest BCUT2D eigenvalue weighted by Crippen LogP contribution is 2.41. The molecule has 6 nitrogen and oxygen atoms in total. The fourth-order valence-corrected chi connectivity index (χ4v) is 3.71. The highest BCUT2D eigenvalue weighted by atomic mass is 16.5. The molecule has 1 fully saturated rings. The molecule has 0 amide bonds. The molecule has 3 heterocycles. The van der Waals surface area contributed by atoms with Gasteiger partial charge in [-0.3, -0.25) is 9.78 Å². The molecule has 0 radical (unpaired) electrons. The molecule has 1 saturated heterocycles. The van der Waals surface area contributed by atoms with Gasteiger partial charge in [0, 0.05) is 42.3 Å². The van der Waals surface area contributed by atoms with E-state index in [4.69, 9.17) is 9.72 Å². The zero-order valence-corrected chi connectivity index (χ0v) is 16.8. The van der Waals surface area contributed by atoms with Crippen LogP contribution >= 0.6 is 0 Å². The summed E-state index contributed by atoms with van der Waals surface area (Å²) >= 11 is 0. The summed E-state index contributed by atoms with van der Waals surface area (Å²) in [5, 5.41) is 0. The van der Waals surface area contributed by atoms with Gasteiger partial charge in [0.25, 0.3) is 0 Å². The molecule has 2 aromatic rings. The topological polar surface area (TPSA) is 68.2 Å². The number of ether oxygens (including phenoxy) is 1. The summed E-state index contributed by atoms with van der Waals surface area (Å²) in [5.74, 6) is 1.66. The van der Waals surface area contributed by atoms with E-state index in [1.807, 2.05) is 32.9 Å². The second-order valence-corrected chi connectivity index (χ2v) is 7.53. The van der Waals surface area contributed by atoms with Gasteiger partial charge in [0.1, 0.15) is 5.82 Å². The lowest BCUT2D eigenvalue weighted by Crippen LogP contribution is -2.41. The van der Waals surface area contributed by atoms with Crippen LogP contribution in [-0.4, -0.2) is 40.6 Å². The van der Waals surface area contributed by atoms with Gasteiger partial charge in [-0.25, -0.2) is 9.97 Å². The summed E-state index contributed by atoms with van der Waals surface area (Å²) in [6.45, 7) is 11.9. The van der Waals surface area contributed by atoms with Crippen molar-refractivity contribution in [3.8, 4) is 11.4 Å². The summed E-state index contributed by atoms with van der Waals surface area (Å²) < 4.78 is 5.42. The van der Waals surface area contributed by atoms with E-state index in [2.05, 4.69) is 28.7 Å². The highest BCUT2D eigenvalue weighted by molar-refractivity contribution is 5.79. The molecule has 1 aliphatic rings. The van der Waals surface area contributed by atoms with Gasteiger partial charge in [0.2, 0.25) is 0 Å². The van der Waals surface area contributed by atoms with Gasteiger partial charge in [-0.1, -0.05) is 13.8 Å². The van der Waals surface area contributed by atoms with Crippen LogP contribution < -0.4 is 4.90 Å². The van der Waals surface area contributed by atoms with E-state index in [0.717, 1.165) is 35.6 Å². The number of hydrogen-bond donors (Lipinski definition) is 0. The number of aryl methyl sites for hydroxylation is 1. The molecular weight excluding hydrogens is 340 g/mol. The molecule has 144 valence electrons. The van der Waals surface area contributed by atoms with Gasteiger partial charge < -0.3 is 9.64 Å². The van der Waals surface area contributed by atoms with Crippen molar-refractivity contribution < 1.29 is 9.53 Å². The summed E-state index contributed by atoms with van der Waals surface area (Å²) in [5.41, 5.74) is 2.39. The molecule has 1 aliphatic heterocycles. The van der Waals surface area contributed by atoms with Crippen LogP contribution in [0.5, 0.6) is 0 Å². The van der Waals surface area contributed by atoms with Gasteiger partial charge in [-0.15, -0.1) is 0 Å². The van der Waals surface area contributed by atoms with Crippen LogP contribution in [0.2, 0.25) is 0 Å². The van der Waals surface area contributed by atoms with Gasteiger partial charge >= 0.3 is 5.97 Å². The molecule has 0 spiro atoms. The lowest BCUT2D eigenvalue weighted by molar-refractivity contribution is -0.156. The van der Waals surface area contributed by atoms with E-state index < -0.39 is 5.41 Å². The third kappa shape index (κ3) is 3.53. The van der Waals surface area contributed by atoms with E-state index in [9.17, 15) is 4.79 Å². The highest BCUT2D eigenvalue weighted by Gasteiger charge is 2.49. The van der Waals surface area contributed by atoms with E-state index in [0.29, 0.717) is 19.0 Å². The minimum absolute atomic E-state index is 0.0987. The number of carbonyl (C=O) groups is 1. The quantitative estimate of drug-likeness (QED) is 0.752. The third-order valence-electron chi connectivity index (χ3n) is 5.67. The first-order chi connectivity index (χ1) is 12.9. The maximum atomic E-state index is 12.7. The second kappa shape index (κ2) is 7.62. The summed E-state index contributed by atoms with van der Waals surface area (Å²) in [4.78, 5) is 28.6. The van der Waals surface area contributed by atoms with Crippen LogP contribution in [0.1, 0.15) is 38.4 Å². The van der Waals surface area contributed by atoms with Crippen molar-refractivity contribution in [2.45, 2.75) is 41.0 Å². The Kier molecular flexibility index (Phi) is 5.44. The third-order valence-corrected chi connectivity index (χ3v) is 5.67. The molecule has 1 atom stereocenters. The van der Waals surface area contributed by atoms with E-state index >= 15 is 0 Å². The molecule has 6 heteroatoms. The second-order valence-electron chi connectivity index (χ2n) is 7.53. The normalized spacial score (nSPS) is 19.6. The van der Waals surface area contributed by atoms with E-state index in [1.165, 1.54) is 0 Å². The van der Waals surface area contributed by atoms with Crippen LogP contribution in [0.25, 0.3) is 11.4 Å². The maximum absolute atomic E-state index is 12.7. The van der Waals surface area contributed by atoms with E-state index in [1.54, 1.807) is 12.4 Å². The smallest absolute Gasteiger partial charge is 0.314 e. The number of anilines is 1. The van der Waals surface area contributed by atoms with Gasteiger partial charge in [-0.05, 0) is 45.2 Å². The van der Waals surface area contributed by atoms with Crippen LogP contribution in [0.15, 0.2) is 24.5 Å². The van der Waals surface area contributed by atoms with Gasteiger partial charge in [0.05, 0.1) is 12.0 Å². The van der Waals surface area contributed by atoms with Crippen molar-refractivity contribution in [3.05, 3.63) is 35.8 Å². The first kappa shape index (κ1) is 19.3. The Labute approximate surface area is 161 Å². The average molecular weight is 368 g/mol. The molecule has 2 aromatic heterocycles. The lowest BCUT2D eigenvalue weighted by Gasteiger charge is -2.31. The Morgan fingerprint density at radius 3 is 2.74 bits per heavy atom. The lowest BCUT2D eigenvalue weighted by atomic mass is 9.76. The minimum atomic E-state index is -0.490. The van der Waals surface area contributed by atoms with Gasteiger partial charge in [0.15, 0.2) is 5.82 Å². The van der Waals surface area contributed by atoms with Crippen molar-refractivity contribution in [2.75, 3.05) is 24.6 Å². The Hall–Kier alpha value is -2.50. The zero-order valence-electron chi connectivity index (χ0n) is 16.8. The molecule has 0 saturated carbocycles. The SMILES string of the molecule is CCOC(=O)C1(C(C)C)CCN(c2nc(-c3cccnc3)nc(C)c2C)C1. The van der Waals surface area contributed by atoms with Crippen LogP contribution in [0, 0.1) is 25.2 Å². The number of rotatable bonds is 5. The Balaban J connectivity index is 1.97. The van der Waals surface area contributed by atoms with Crippen molar-refractivity contribution in [3.63, 3.8) is 0 Å². The first-order valence-corrected chi connectivity index (χ1v) is 9.57. The Morgan fingerprint density at radius 1 is 1.33 bits per heavy atom. The maximum Gasteiger partial charge on any atom is 0.314 e. The van der Waals surface area contributed by atoms with Crippen molar-refractivity contribution in [1.29, 1.82) is 0 Å². The Bertz CT molecular complexity index is 822. The number of esters is 1. The molecule has 0 aromatic carbocycles. The summed E-state index contributed by atoms with van der Waals surface area (Å²) in [7, 11) is 0. The van der Waals surface area contributed by atoms with Crippen LogP contribution in [0.4, 0.5) is 5.82 Å². The molecule has 0 aliphatic carbocycles. The number of nitrogens with zero attached hydrogens (tertiary/aromatic N) is 4. The molecule has 0 bridgehead atoms. The fourth-order valence-electron chi connectivity index (χ4n) is 3.71.